The number of aldehydes is 1. The summed E-state index contributed by atoms with van der Waals surface area (Å²) >= 11 is 0. The Morgan fingerprint density at radius 3 is 2.94 bits per heavy atom. The van der Waals surface area contributed by atoms with E-state index in [2.05, 4.69) is 10.1 Å². The summed E-state index contributed by atoms with van der Waals surface area (Å²) < 4.78 is 23.1. The number of ether oxygens (including phenoxy) is 1. The lowest BCUT2D eigenvalue weighted by Crippen LogP contribution is -1.98. The van der Waals surface area contributed by atoms with Gasteiger partial charge in [-0.15, -0.1) is 0 Å². The zero-order chi connectivity index (χ0) is 12.3. The third kappa shape index (κ3) is 2.87. The number of carbonyl (C=O) groups is 1. The number of nitrogens with zero attached hydrogens (tertiary/aromatic N) is 2. The average Bonchev–Trinajstić information content (AvgIpc) is 2.72. The van der Waals surface area contributed by atoms with Gasteiger partial charge in [0.1, 0.15) is 17.9 Å². The average molecular weight is 236 g/mol. The van der Waals surface area contributed by atoms with Gasteiger partial charge in [0.05, 0.1) is 0 Å². The van der Waals surface area contributed by atoms with Crippen molar-refractivity contribution >= 4 is 6.29 Å². The quantitative estimate of drug-likeness (QED) is 0.758. The molecule has 0 aliphatic rings. The standard InChI is InChI=1S/C11H9FN2O3/c1-7-13-11(14-17-7)6-16-10-3-8(5-15)2-9(12)4-10/h2-5H,6H2,1H3. The first-order chi connectivity index (χ1) is 8.17. The Kier molecular flexibility index (Phi) is 3.13. The third-order valence-electron chi connectivity index (χ3n) is 1.97. The second-order valence-electron chi connectivity index (χ2n) is 3.36. The maximum atomic E-state index is 13.1. The first-order valence-electron chi connectivity index (χ1n) is 4.85. The van der Waals surface area contributed by atoms with Gasteiger partial charge in [-0.05, 0) is 12.1 Å². The fraction of sp³-hybridized carbons (Fsp3) is 0.182. The highest BCUT2D eigenvalue weighted by atomic mass is 19.1. The number of aromatic nitrogens is 2. The molecule has 17 heavy (non-hydrogen) atoms. The fourth-order valence-corrected chi connectivity index (χ4v) is 1.28. The summed E-state index contributed by atoms with van der Waals surface area (Å²) in [5.74, 6) is 0.499. The number of carbonyl (C=O) groups excluding carboxylic acids is 1. The maximum Gasteiger partial charge on any atom is 0.223 e. The highest BCUT2D eigenvalue weighted by molar-refractivity contribution is 5.75. The molecule has 0 fully saturated rings. The van der Waals surface area contributed by atoms with Crippen molar-refractivity contribution in [1.82, 2.24) is 10.1 Å². The van der Waals surface area contributed by atoms with Gasteiger partial charge in [0.15, 0.2) is 6.61 Å². The van der Waals surface area contributed by atoms with Gasteiger partial charge in [-0.25, -0.2) is 4.39 Å². The Hall–Kier alpha value is -2.24. The first-order valence-corrected chi connectivity index (χ1v) is 4.85. The molecular weight excluding hydrogens is 227 g/mol. The van der Waals surface area contributed by atoms with Crippen molar-refractivity contribution in [1.29, 1.82) is 0 Å². The van der Waals surface area contributed by atoms with E-state index in [1.54, 1.807) is 6.92 Å². The minimum absolute atomic E-state index is 0.0547. The van der Waals surface area contributed by atoms with E-state index in [1.807, 2.05) is 0 Å². The molecule has 0 amide bonds. The molecule has 0 aliphatic carbocycles. The van der Waals surface area contributed by atoms with Crippen LogP contribution in [0.25, 0.3) is 0 Å². The highest BCUT2D eigenvalue weighted by Crippen LogP contribution is 2.16. The molecule has 1 aromatic heterocycles. The Morgan fingerprint density at radius 2 is 2.29 bits per heavy atom. The Morgan fingerprint density at radius 1 is 1.47 bits per heavy atom. The number of hydrogen-bond acceptors (Lipinski definition) is 5. The van der Waals surface area contributed by atoms with Crippen molar-refractivity contribution < 1.29 is 18.4 Å². The lowest BCUT2D eigenvalue weighted by atomic mass is 10.2. The van der Waals surface area contributed by atoms with Crippen LogP contribution in [0.1, 0.15) is 22.1 Å². The lowest BCUT2D eigenvalue weighted by Gasteiger charge is -2.03. The van der Waals surface area contributed by atoms with Crippen molar-refractivity contribution in [2.24, 2.45) is 0 Å². The zero-order valence-electron chi connectivity index (χ0n) is 9.01. The van der Waals surface area contributed by atoms with Gasteiger partial charge in [-0.1, -0.05) is 5.16 Å². The summed E-state index contributed by atoms with van der Waals surface area (Å²) in [4.78, 5) is 14.5. The van der Waals surface area contributed by atoms with Gasteiger partial charge in [0.2, 0.25) is 11.7 Å². The van der Waals surface area contributed by atoms with Gasteiger partial charge >= 0.3 is 0 Å². The molecule has 0 saturated heterocycles. The van der Waals surface area contributed by atoms with E-state index >= 15 is 0 Å². The molecule has 0 saturated carbocycles. The predicted molar refractivity (Wildman–Crippen MR) is 55.2 cm³/mol. The molecule has 2 aromatic rings. The van der Waals surface area contributed by atoms with E-state index in [-0.39, 0.29) is 17.9 Å². The van der Waals surface area contributed by atoms with Crippen molar-refractivity contribution in [3.05, 3.63) is 41.3 Å². The molecule has 1 heterocycles. The van der Waals surface area contributed by atoms with Crippen LogP contribution in [0.15, 0.2) is 22.7 Å². The summed E-state index contributed by atoms with van der Waals surface area (Å²) in [6.07, 6.45) is 0.550. The molecule has 1 aromatic carbocycles. The SMILES string of the molecule is Cc1nc(COc2cc(F)cc(C=O)c2)no1. The highest BCUT2D eigenvalue weighted by Gasteiger charge is 2.05. The van der Waals surface area contributed by atoms with Gasteiger partial charge in [-0.2, -0.15) is 4.98 Å². The van der Waals surface area contributed by atoms with Crippen LogP contribution >= 0.6 is 0 Å². The number of aryl methyl sites for hydroxylation is 1. The summed E-state index contributed by atoms with van der Waals surface area (Å²) in [6.45, 7) is 1.71. The monoisotopic (exact) mass is 236 g/mol. The van der Waals surface area contributed by atoms with E-state index in [0.717, 1.165) is 6.07 Å². The van der Waals surface area contributed by atoms with Gasteiger partial charge in [0.25, 0.3) is 0 Å². The van der Waals surface area contributed by atoms with E-state index in [1.165, 1.54) is 12.1 Å². The summed E-state index contributed by atoms with van der Waals surface area (Å²) in [5, 5.41) is 3.62. The van der Waals surface area contributed by atoms with E-state index in [9.17, 15) is 9.18 Å². The normalized spacial score (nSPS) is 10.2. The van der Waals surface area contributed by atoms with Crippen LogP contribution < -0.4 is 4.74 Å². The van der Waals surface area contributed by atoms with Crippen LogP contribution in [-0.2, 0) is 6.61 Å². The Labute approximate surface area is 96.2 Å². The topological polar surface area (TPSA) is 65.2 Å². The molecular formula is C11H9FN2O3. The molecule has 6 heteroatoms. The Balaban J connectivity index is 2.08. The molecule has 0 bridgehead atoms. The number of benzene rings is 1. The zero-order valence-corrected chi connectivity index (χ0v) is 9.01. The van der Waals surface area contributed by atoms with Crippen LogP contribution in [0.2, 0.25) is 0 Å². The summed E-state index contributed by atoms with van der Waals surface area (Å²) in [7, 11) is 0. The minimum atomic E-state index is -0.533. The van der Waals surface area contributed by atoms with Crippen LogP contribution in [-0.4, -0.2) is 16.4 Å². The molecule has 0 aliphatic heterocycles. The van der Waals surface area contributed by atoms with E-state index in [4.69, 9.17) is 9.26 Å². The van der Waals surface area contributed by atoms with Crippen LogP contribution in [0.3, 0.4) is 0 Å². The summed E-state index contributed by atoms with van der Waals surface area (Å²) in [5.41, 5.74) is 0.212. The molecule has 88 valence electrons. The van der Waals surface area contributed by atoms with Crippen molar-refractivity contribution in [3.8, 4) is 5.75 Å². The minimum Gasteiger partial charge on any atom is -0.485 e. The van der Waals surface area contributed by atoms with Crippen LogP contribution in [0.4, 0.5) is 4.39 Å². The molecule has 2 rings (SSSR count). The predicted octanol–water partition coefficient (Wildman–Crippen LogP) is 1.91. The molecule has 0 unspecified atom stereocenters. The van der Waals surface area contributed by atoms with E-state index < -0.39 is 5.82 Å². The van der Waals surface area contributed by atoms with Gasteiger partial charge in [0, 0.05) is 18.6 Å². The fourth-order valence-electron chi connectivity index (χ4n) is 1.28. The van der Waals surface area contributed by atoms with Crippen LogP contribution in [0.5, 0.6) is 5.75 Å². The molecule has 0 spiro atoms. The summed E-state index contributed by atoms with van der Waals surface area (Å²) in [6, 6.07) is 3.74. The third-order valence-corrected chi connectivity index (χ3v) is 1.97. The van der Waals surface area contributed by atoms with Gasteiger partial charge in [-0.3, -0.25) is 4.79 Å². The second kappa shape index (κ2) is 4.73. The molecule has 0 N–H and O–H groups in total. The largest absolute Gasteiger partial charge is 0.485 e. The van der Waals surface area contributed by atoms with Gasteiger partial charge < -0.3 is 9.26 Å². The molecule has 0 atom stereocenters. The maximum absolute atomic E-state index is 13.1. The van der Waals surface area contributed by atoms with Crippen molar-refractivity contribution in [2.75, 3.05) is 0 Å². The number of rotatable bonds is 4. The Bertz CT molecular complexity index is 539. The second-order valence-corrected chi connectivity index (χ2v) is 3.36. The first kappa shape index (κ1) is 11.3. The van der Waals surface area contributed by atoms with E-state index in [0.29, 0.717) is 18.0 Å². The lowest BCUT2D eigenvalue weighted by molar-refractivity contribution is 0.112. The van der Waals surface area contributed by atoms with Crippen molar-refractivity contribution in [3.63, 3.8) is 0 Å². The van der Waals surface area contributed by atoms with Crippen LogP contribution in [0, 0.1) is 12.7 Å². The number of hydrogen-bond donors (Lipinski definition) is 0. The number of halogens is 1. The molecule has 0 radical (unpaired) electrons. The van der Waals surface area contributed by atoms with Crippen molar-refractivity contribution in [2.45, 2.75) is 13.5 Å². The smallest absolute Gasteiger partial charge is 0.223 e. The molecule has 5 nitrogen and oxygen atoms in total.